The van der Waals surface area contributed by atoms with Gasteiger partial charge in [0.2, 0.25) is 0 Å². The lowest BCUT2D eigenvalue weighted by Crippen LogP contribution is -2.28. The minimum absolute atomic E-state index is 0.0813. The van der Waals surface area contributed by atoms with Gasteiger partial charge in [0, 0.05) is 35.3 Å². The van der Waals surface area contributed by atoms with E-state index in [9.17, 15) is 13.2 Å². The molecule has 0 atom stereocenters. The van der Waals surface area contributed by atoms with Crippen LogP contribution in [-0.2, 0) is 21.9 Å². The highest BCUT2D eigenvalue weighted by Crippen LogP contribution is 2.58. The third-order valence-corrected chi connectivity index (χ3v) is 8.43. The number of ether oxygens (including phenoxy) is 2. The molecule has 1 aromatic heterocycles. The van der Waals surface area contributed by atoms with Crippen molar-refractivity contribution < 1.29 is 27.2 Å². The zero-order chi connectivity index (χ0) is 24.4. The summed E-state index contributed by atoms with van der Waals surface area (Å²) < 4.78 is 45.7. The Morgan fingerprint density at radius 1 is 1.14 bits per heavy atom. The van der Waals surface area contributed by atoms with Crippen molar-refractivity contribution in [3.63, 3.8) is 0 Å². The first-order chi connectivity index (χ1) is 16.9. The van der Waals surface area contributed by atoms with Crippen LogP contribution in [0.15, 0.2) is 45.8 Å². The van der Waals surface area contributed by atoms with E-state index in [4.69, 9.17) is 14.0 Å². The number of hydrogen-bond acceptors (Lipinski definition) is 7. The first kappa shape index (κ1) is 21.8. The highest BCUT2D eigenvalue weighted by atomic mass is 32.2. The molecule has 2 amide bonds. The fourth-order valence-electron chi connectivity index (χ4n) is 5.12. The second kappa shape index (κ2) is 7.64. The Kier molecular flexibility index (Phi) is 4.75. The van der Waals surface area contributed by atoms with Crippen molar-refractivity contribution in [2.24, 2.45) is 0 Å². The molecule has 11 heteroatoms. The number of urea groups is 1. The van der Waals surface area contributed by atoms with Crippen LogP contribution in [-0.4, -0.2) is 46.9 Å². The lowest BCUT2D eigenvalue weighted by Gasteiger charge is -2.26. The van der Waals surface area contributed by atoms with Crippen molar-refractivity contribution in [1.82, 2.24) is 10.5 Å². The molecule has 0 bridgehead atoms. The van der Waals surface area contributed by atoms with Gasteiger partial charge in [0.1, 0.15) is 11.5 Å². The quantitative estimate of drug-likeness (QED) is 0.537. The van der Waals surface area contributed by atoms with E-state index in [-0.39, 0.29) is 33.7 Å². The monoisotopic (exact) mass is 496 g/mol. The molecule has 6 rings (SSSR count). The van der Waals surface area contributed by atoms with Crippen molar-refractivity contribution in [1.29, 1.82) is 0 Å². The van der Waals surface area contributed by atoms with Gasteiger partial charge in [-0.1, -0.05) is 17.3 Å². The average Bonchev–Trinajstić information content (AvgIpc) is 3.32. The molecule has 0 radical (unpaired) electrons. The zero-order valence-corrected chi connectivity index (χ0v) is 20.1. The van der Waals surface area contributed by atoms with Crippen LogP contribution < -0.4 is 24.4 Å². The average molecular weight is 497 g/mol. The second-order valence-corrected chi connectivity index (χ2v) is 10.6. The molecule has 2 aromatic carbocycles. The molecule has 2 heterocycles. The number of hydrogen-bond donors (Lipinski definition) is 2. The smallest absolute Gasteiger partial charge is 0.321 e. The molecular weight excluding hydrogens is 472 g/mol. The molecule has 35 heavy (non-hydrogen) atoms. The van der Waals surface area contributed by atoms with E-state index in [0.29, 0.717) is 30.8 Å². The van der Waals surface area contributed by atoms with Crippen LogP contribution in [0.3, 0.4) is 0 Å². The molecule has 1 saturated carbocycles. The Morgan fingerprint density at radius 3 is 2.51 bits per heavy atom. The zero-order valence-electron chi connectivity index (χ0n) is 19.3. The number of nitrogens with zero attached hydrogens (tertiary/aromatic N) is 2. The Hall–Kier alpha value is -3.73. The summed E-state index contributed by atoms with van der Waals surface area (Å²) in [5.41, 5.74) is 3.37. The third kappa shape index (κ3) is 3.33. The highest BCUT2D eigenvalue weighted by molar-refractivity contribution is 7.93. The number of aromatic nitrogens is 1. The van der Waals surface area contributed by atoms with Crippen molar-refractivity contribution in [3.05, 3.63) is 47.5 Å². The van der Waals surface area contributed by atoms with Gasteiger partial charge < -0.3 is 19.3 Å². The molecule has 1 aliphatic heterocycles. The van der Waals surface area contributed by atoms with Crippen LogP contribution in [0.2, 0.25) is 0 Å². The first-order valence-corrected chi connectivity index (χ1v) is 12.8. The Balaban J connectivity index is 1.42. The minimum Gasteiger partial charge on any atom is -0.495 e. The molecule has 3 aliphatic rings. The van der Waals surface area contributed by atoms with E-state index in [0.717, 1.165) is 29.7 Å². The van der Waals surface area contributed by atoms with Gasteiger partial charge >= 0.3 is 6.03 Å². The van der Waals surface area contributed by atoms with Gasteiger partial charge in [0.15, 0.2) is 16.5 Å². The van der Waals surface area contributed by atoms with Crippen molar-refractivity contribution in [2.45, 2.75) is 29.6 Å². The predicted octanol–water partition coefficient (Wildman–Crippen LogP) is 3.28. The van der Waals surface area contributed by atoms with Crippen LogP contribution in [0, 0.1) is 0 Å². The van der Waals surface area contributed by atoms with Gasteiger partial charge in [0.25, 0.3) is 10.0 Å². The lowest BCUT2D eigenvalue weighted by molar-refractivity contribution is 0.252. The fraction of sp³-hybridized carbons (Fsp3) is 0.333. The normalized spacial score (nSPS) is 17.5. The number of carbonyl (C=O) groups is 1. The van der Waals surface area contributed by atoms with Gasteiger partial charge in [-0.25, -0.2) is 13.2 Å². The van der Waals surface area contributed by atoms with Crippen LogP contribution in [0.5, 0.6) is 11.5 Å². The SMILES string of the molecule is COc1cccc(OC)c1S(=O)(=O)Nc1noc2c1CC1(CC1)c1ccc(N3CCNC3=O)cc1-2. The number of fused-ring (bicyclic) bond motifs is 4. The summed E-state index contributed by atoms with van der Waals surface area (Å²) >= 11 is 0. The summed E-state index contributed by atoms with van der Waals surface area (Å²) in [6.07, 6.45) is 2.59. The molecule has 1 saturated heterocycles. The number of benzene rings is 2. The molecule has 2 aliphatic carbocycles. The highest BCUT2D eigenvalue weighted by Gasteiger charge is 2.51. The van der Waals surface area contributed by atoms with Crippen LogP contribution in [0.1, 0.15) is 24.0 Å². The van der Waals surface area contributed by atoms with Crippen LogP contribution in [0.25, 0.3) is 11.3 Å². The molecule has 2 N–H and O–H groups in total. The Bertz CT molecular complexity index is 1440. The lowest BCUT2D eigenvalue weighted by atomic mass is 9.79. The van der Waals surface area contributed by atoms with Crippen LogP contribution in [0.4, 0.5) is 16.3 Å². The molecular formula is C24H24N4O6S. The summed E-state index contributed by atoms with van der Waals surface area (Å²) in [4.78, 5) is 13.8. The summed E-state index contributed by atoms with van der Waals surface area (Å²) in [6, 6.07) is 10.6. The molecule has 182 valence electrons. The summed E-state index contributed by atoms with van der Waals surface area (Å²) in [7, 11) is -1.31. The number of methoxy groups -OCH3 is 2. The van der Waals surface area contributed by atoms with Crippen molar-refractivity contribution in [2.75, 3.05) is 36.9 Å². The van der Waals surface area contributed by atoms with Gasteiger partial charge in [-0.2, -0.15) is 0 Å². The van der Waals surface area contributed by atoms with E-state index in [1.807, 2.05) is 12.1 Å². The van der Waals surface area contributed by atoms with Gasteiger partial charge in [-0.15, -0.1) is 0 Å². The number of rotatable bonds is 6. The molecule has 10 nitrogen and oxygen atoms in total. The largest absolute Gasteiger partial charge is 0.495 e. The van der Waals surface area contributed by atoms with Gasteiger partial charge in [-0.05, 0) is 49.1 Å². The van der Waals surface area contributed by atoms with E-state index < -0.39 is 10.0 Å². The van der Waals surface area contributed by atoms with Crippen molar-refractivity contribution in [3.8, 4) is 22.8 Å². The van der Waals surface area contributed by atoms with E-state index in [1.54, 1.807) is 23.1 Å². The Labute approximate surface area is 202 Å². The first-order valence-electron chi connectivity index (χ1n) is 11.3. The molecule has 2 fully saturated rings. The van der Waals surface area contributed by atoms with Gasteiger partial charge in [-0.3, -0.25) is 9.62 Å². The maximum atomic E-state index is 13.4. The van der Waals surface area contributed by atoms with E-state index in [1.165, 1.54) is 14.2 Å². The summed E-state index contributed by atoms with van der Waals surface area (Å²) in [5, 5.41) is 6.93. The summed E-state index contributed by atoms with van der Waals surface area (Å²) in [5.74, 6) is 0.983. The second-order valence-electron chi connectivity index (χ2n) is 9.01. The molecule has 0 unspecified atom stereocenters. The minimum atomic E-state index is -4.11. The van der Waals surface area contributed by atoms with E-state index in [2.05, 4.69) is 21.3 Å². The molecule has 3 aromatic rings. The van der Waals surface area contributed by atoms with E-state index >= 15 is 0 Å². The van der Waals surface area contributed by atoms with Crippen LogP contribution >= 0.6 is 0 Å². The number of carbonyl (C=O) groups excluding carboxylic acids is 1. The number of anilines is 2. The van der Waals surface area contributed by atoms with Crippen molar-refractivity contribution >= 4 is 27.6 Å². The standard InChI is InChI=1S/C24H24N4O6S/c1-32-18-4-3-5-19(33-2)21(18)35(30,31)27-22-16-13-24(8-9-24)17-7-6-14(28-11-10-25-23(28)29)12-15(17)20(16)34-26-22/h3-7,12H,8-11,13H2,1-2H3,(H,25,29)(H,26,27). The Morgan fingerprint density at radius 2 is 1.89 bits per heavy atom. The third-order valence-electron chi connectivity index (χ3n) is 7.03. The maximum absolute atomic E-state index is 13.4. The topological polar surface area (TPSA) is 123 Å². The summed E-state index contributed by atoms with van der Waals surface area (Å²) in [6.45, 7) is 1.17. The number of sulfonamides is 1. The number of nitrogens with one attached hydrogen (secondary N) is 2. The maximum Gasteiger partial charge on any atom is 0.321 e. The van der Waals surface area contributed by atoms with Gasteiger partial charge in [0.05, 0.1) is 14.2 Å². The predicted molar refractivity (Wildman–Crippen MR) is 128 cm³/mol. The number of amides is 2. The molecule has 1 spiro atoms. The fourth-order valence-corrected chi connectivity index (χ4v) is 6.47.